The van der Waals surface area contributed by atoms with Gasteiger partial charge in [-0.1, -0.05) is 0 Å². The largest absolute Gasteiger partial charge is 0.379 e. The molecule has 2 rings (SSSR count). The van der Waals surface area contributed by atoms with E-state index in [1.54, 1.807) is 24.3 Å². The zero-order chi connectivity index (χ0) is 14.6. The summed E-state index contributed by atoms with van der Waals surface area (Å²) in [7, 11) is -3.43. The third kappa shape index (κ3) is 3.82. The minimum Gasteiger partial charge on any atom is -0.379 e. The van der Waals surface area contributed by atoms with Crippen LogP contribution in [-0.2, 0) is 19.6 Å². The molecule has 1 aliphatic heterocycles. The second-order valence-electron chi connectivity index (χ2n) is 4.48. The number of morpholine rings is 1. The third-order valence-corrected chi connectivity index (χ3v) is 5.94. The molecule has 20 heavy (non-hydrogen) atoms. The van der Waals surface area contributed by atoms with Gasteiger partial charge in [-0.25, -0.2) is 8.42 Å². The molecule has 1 fully saturated rings. The average molecular weight is 315 g/mol. The van der Waals surface area contributed by atoms with E-state index < -0.39 is 10.0 Å². The number of hydrogen-bond acceptors (Lipinski definition) is 5. The zero-order valence-electron chi connectivity index (χ0n) is 11.2. The first-order chi connectivity index (χ1) is 9.50. The third-order valence-electron chi connectivity index (χ3n) is 2.87. The van der Waals surface area contributed by atoms with Gasteiger partial charge in [-0.15, -0.1) is 11.8 Å². The smallest absolute Gasteiger partial charge is 0.243 e. The lowest BCUT2D eigenvalue weighted by Crippen LogP contribution is -2.40. The van der Waals surface area contributed by atoms with E-state index in [2.05, 4.69) is 0 Å². The molecule has 1 saturated heterocycles. The Bertz CT molecular complexity index is 563. The normalized spacial score (nSPS) is 17.1. The van der Waals surface area contributed by atoms with Gasteiger partial charge in [0, 0.05) is 18.0 Å². The van der Waals surface area contributed by atoms with E-state index in [0.717, 1.165) is 4.90 Å². The fourth-order valence-corrected chi connectivity index (χ4v) is 3.94. The number of ether oxygens (including phenoxy) is 1. The number of hydrogen-bond donors (Lipinski definition) is 0. The van der Waals surface area contributed by atoms with Gasteiger partial charge in [-0.3, -0.25) is 4.79 Å². The second-order valence-corrected chi connectivity index (χ2v) is 7.47. The van der Waals surface area contributed by atoms with Crippen LogP contribution < -0.4 is 0 Å². The lowest BCUT2D eigenvalue weighted by molar-refractivity contribution is -0.114. The number of ketones is 1. The van der Waals surface area contributed by atoms with Crippen molar-refractivity contribution < 1.29 is 17.9 Å². The van der Waals surface area contributed by atoms with E-state index in [4.69, 9.17) is 4.74 Å². The quantitative estimate of drug-likeness (QED) is 0.768. The molecular weight excluding hydrogens is 298 g/mol. The molecule has 110 valence electrons. The van der Waals surface area contributed by atoms with Gasteiger partial charge in [0.2, 0.25) is 10.0 Å². The molecule has 7 heteroatoms. The van der Waals surface area contributed by atoms with Crippen molar-refractivity contribution in [2.45, 2.75) is 16.7 Å². The van der Waals surface area contributed by atoms with E-state index in [9.17, 15) is 13.2 Å². The highest BCUT2D eigenvalue weighted by molar-refractivity contribution is 8.00. The van der Waals surface area contributed by atoms with Gasteiger partial charge in [0.05, 0.1) is 23.9 Å². The number of carbonyl (C=O) groups is 1. The molecule has 1 aromatic rings. The van der Waals surface area contributed by atoms with Crippen LogP contribution in [0.25, 0.3) is 0 Å². The molecular formula is C13H17NO4S2. The predicted octanol–water partition coefficient (Wildman–Crippen LogP) is 1.39. The van der Waals surface area contributed by atoms with Gasteiger partial charge in [0.1, 0.15) is 5.78 Å². The molecule has 0 aromatic heterocycles. The Morgan fingerprint density at radius 1 is 1.25 bits per heavy atom. The average Bonchev–Trinajstić information content (AvgIpc) is 2.46. The van der Waals surface area contributed by atoms with Crippen LogP contribution >= 0.6 is 11.8 Å². The second kappa shape index (κ2) is 6.71. The number of Topliss-reactive ketones (excluding diaryl/α,β-unsaturated/α-hetero) is 1. The molecule has 0 amide bonds. The lowest BCUT2D eigenvalue weighted by Gasteiger charge is -2.26. The minimum atomic E-state index is -3.43. The highest BCUT2D eigenvalue weighted by Gasteiger charge is 2.25. The van der Waals surface area contributed by atoms with E-state index in [0.29, 0.717) is 32.1 Å². The fraction of sp³-hybridized carbons (Fsp3) is 0.462. The zero-order valence-corrected chi connectivity index (χ0v) is 12.9. The van der Waals surface area contributed by atoms with Crippen molar-refractivity contribution in [2.75, 3.05) is 32.1 Å². The first kappa shape index (κ1) is 15.5. The Labute approximate surface area is 123 Å². The summed E-state index contributed by atoms with van der Waals surface area (Å²) in [6.45, 7) is 3.19. The fourth-order valence-electron chi connectivity index (χ4n) is 1.83. The first-order valence-electron chi connectivity index (χ1n) is 6.30. The molecule has 0 spiro atoms. The topological polar surface area (TPSA) is 63.7 Å². The summed E-state index contributed by atoms with van der Waals surface area (Å²) in [4.78, 5) is 12.1. The van der Waals surface area contributed by atoms with Gasteiger partial charge in [-0.2, -0.15) is 4.31 Å². The summed E-state index contributed by atoms with van der Waals surface area (Å²) in [6, 6.07) is 6.66. The molecule has 0 radical (unpaired) electrons. The van der Waals surface area contributed by atoms with Crippen molar-refractivity contribution in [1.29, 1.82) is 0 Å². The van der Waals surface area contributed by atoms with Crippen molar-refractivity contribution >= 4 is 27.6 Å². The Balaban J connectivity index is 2.10. The van der Waals surface area contributed by atoms with Crippen molar-refractivity contribution in [3.05, 3.63) is 24.3 Å². The summed E-state index contributed by atoms with van der Waals surface area (Å²) in [6.07, 6.45) is 0. The van der Waals surface area contributed by atoms with Gasteiger partial charge in [0.25, 0.3) is 0 Å². The van der Waals surface area contributed by atoms with Crippen LogP contribution in [0.5, 0.6) is 0 Å². The van der Waals surface area contributed by atoms with Crippen LogP contribution in [0.2, 0.25) is 0 Å². The van der Waals surface area contributed by atoms with Gasteiger partial charge in [0.15, 0.2) is 0 Å². The minimum absolute atomic E-state index is 0.0972. The summed E-state index contributed by atoms with van der Waals surface area (Å²) >= 11 is 1.41. The number of benzene rings is 1. The number of thioether (sulfide) groups is 1. The monoisotopic (exact) mass is 315 g/mol. The molecule has 5 nitrogen and oxygen atoms in total. The first-order valence-corrected chi connectivity index (χ1v) is 8.73. The Hall–Kier alpha value is -0.890. The molecule has 1 aromatic carbocycles. The Morgan fingerprint density at radius 3 is 2.40 bits per heavy atom. The van der Waals surface area contributed by atoms with Crippen LogP contribution in [0.3, 0.4) is 0 Å². The van der Waals surface area contributed by atoms with Gasteiger partial charge >= 0.3 is 0 Å². The van der Waals surface area contributed by atoms with Crippen LogP contribution in [0.4, 0.5) is 0 Å². The number of carbonyl (C=O) groups excluding carboxylic acids is 1. The molecule has 0 aliphatic carbocycles. The van der Waals surface area contributed by atoms with E-state index >= 15 is 0 Å². The number of rotatable bonds is 5. The predicted molar refractivity (Wildman–Crippen MR) is 77.4 cm³/mol. The van der Waals surface area contributed by atoms with E-state index in [1.807, 2.05) is 0 Å². The number of nitrogens with zero attached hydrogens (tertiary/aromatic N) is 1. The molecule has 0 bridgehead atoms. The van der Waals surface area contributed by atoms with Crippen LogP contribution in [0, 0.1) is 0 Å². The molecule has 1 aliphatic rings. The highest BCUT2D eigenvalue weighted by atomic mass is 32.2. The molecule has 1 heterocycles. The maximum absolute atomic E-state index is 12.4. The summed E-state index contributed by atoms with van der Waals surface area (Å²) < 4.78 is 31.3. The maximum atomic E-state index is 12.4. The Kier molecular flexibility index (Phi) is 5.20. The maximum Gasteiger partial charge on any atom is 0.243 e. The van der Waals surface area contributed by atoms with E-state index in [1.165, 1.54) is 23.0 Å². The van der Waals surface area contributed by atoms with Gasteiger partial charge < -0.3 is 4.74 Å². The van der Waals surface area contributed by atoms with Crippen LogP contribution in [-0.4, -0.2) is 50.6 Å². The molecule has 0 N–H and O–H groups in total. The van der Waals surface area contributed by atoms with Crippen molar-refractivity contribution in [2.24, 2.45) is 0 Å². The van der Waals surface area contributed by atoms with E-state index in [-0.39, 0.29) is 10.7 Å². The van der Waals surface area contributed by atoms with Crippen molar-refractivity contribution in [3.63, 3.8) is 0 Å². The molecule has 0 saturated carbocycles. The van der Waals surface area contributed by atoms with Crippen LogP contribution in [0.15, 0.2) is 34.1 Å². The number of sulfonamides is 1. The summed E-state index contributed by atoms with van der Waals surface area (Å²) in [5.74, 6) is 0.496. The summed E-state index contributed by atoms with van der Waals surface area (Å²) in [5, 5.41) is 0. The highest BCUT2D eigenvalue weighted by Crippen LogP contribution is 2.22. The summed E-state index contributed by atoms with van der Waals surface area (Å²) in [5.41, 5.74) is 0. The standard InChI is InChI=1S/C13H17NO4S2/c1-11(15)10-19-12-2-4-13(5-3-12)20(16,17)14-6-8-18-9-7-14/h2-5H,6-10H2,1H3. The van der Waals surface area contributed by atoms with Crippen molar-refractivity contribution in [3.8, 4) is 0 Å². The van der Waals surface area contributed by atoms with Crippen LogP contribution in [0.1, 0.15) is 6.92 Å². The lowest BCUT2D eigenvalue weighted by atomic mass is 10.4. The van der Waals surface area contributed by atoms with Crippen molar-refractivity contribution in [1.82, 2.24) is 4.31 Å². The SMILES string of the molecule is CC(=O)CSc1ccc(S(=O)(=O)N2CCOCC2)cc1. The Morgan fingerprint density at radius 2 is 1.85 bits per heavy atom. The molecule has 0 atom stereocenters. The molecule has 0 unspecified atom stereocenters. The van der Waals surface area contributed by atoms with Gasteiger partial charge in [-0.05, 0) is 31.2 Å².